The van der Waals surface area contributed by atoms with Crippen LogP contribution in [-0.2, 0) is 0 Å². The van der Waals surface area contributed by atoms with Crippen LogP contribution in [0.25, 0.3) is 0 Å². The second-order valence-corrected chi connectivity index (χ2v) is 13.1. The third-order valence-corrected chi connectivity index (χ3v) is 7.37. The number of aromatic hydroxyl groups is 4. The highest BCUT2D eigenvalue weighted by Crippen LogP contribution is 2.24. The van der Waals surface area contributed by atoms with Crippen molar-refractivity contribution in [2.24, 2.45) is 20.0 Å². The minimum atomic E-state index is -0.441. The van der Waals surface area contributed by atoms with Crippen LogP contribution in [0.4, 0.5) is 0 Å². The van der Waals surface area contributed by atoms with E-state index in [1.807, 2.05) is 65.8 Å². The lowest BCUT2D eigenvalue weighted by Gasteiger charge is -2.16. The number of rotatable bonds is 12. The second-order valence-electron chi connectivity index (χ2n) is 13.1. The van der Waals surface area contributed by atoms with Gasteiger partial charge < -0.3 is 29.9 Å². The van der Waals surface area contributed by atoms with Gasteiger partial charge in [0, 0.05) is 96.5 Å². The van der Waals surface area contributed by atoms with Gasteiger partial charge in [-0.2, -0.15) is 0 Å². The van der Waals surface area contributed by atoms with Gasteiger partial charge >= 0.3 is 0 Å². The lowest BCUT2D eigenvalue weighted by atomic mass is 10.1. The van der Waals surface area contributed by atoms with Gasteiger partial charge in [0.15, 0.2) is 0 Å². The predicted molar refractivity (Wildman–Crippen MR) is 231 cm³/mol. The smallest absolute Gasteiger partial charge is 0.128 e. The summed E-state index contributed by atoms with van der Waals surface area (Å²) in [5, 5.41) is 39.7. The molecule has 0 radical (unpaired) electrons. The number of ether oxygens (including phenoxy) is 2. The van der Waals surface area contributed by atoms with Crippen molar-refractivity contribution in [2.75, 3.05) is 27.3 Å². The van der Waals surface area contributed by atoms with Crippen molar-refractivity contribution < 1.29 is 29.9 Å². The fourth-order valence-corrected chi connectivity index (χ4v) is 4.35. The van der Waals surface area contributed by atoms with Crippen molar-refractivity contribution in [3.8, 4) is 34.5 Å². The van der Waals surface area contributed by atoms with E-state index < -0.39 is 11.1 Å². The molecule has 0 fully saturated rings. The van der Waals surface area contributed by atoms with Crippen molar-refractivity contribution >= 4 is 62.1 Å². The summed E-state index contributed by atoms with van der Waals surface area (Å²) in [5.41, 5.74) is 3.72. The zero-order valence-electron chi connectivity index (χ0n) is 30.8. The Morgan fingerprint density at radius 3 is 1.13 bits per heavy atom. The minimum absolute atomic E-state index is 0.118. The number of aliphatic imine (C=N–C) groups is 4. The summed E-state index contributed by atoms with van der Waals surface area (Å²) in [5.74, 6) is 1.86. The predicted octanol–water partition coefficient (Wildman–Crippen LogP) is 9.23. The maximum absolute atomic E-state index is 9.97. The third kappa shape index (κ3) is 15.2. The van der Waals surface area contributed by atoms with Gasteiger partial charge in [0.25, 0.3) is 0 Å². The highest BCUT2D eigenvalue weighted by atomic mass is 128. The maximum Gasteiger partial charge on any atom is 0.128 e. The van der Waals surface area contributed by atoms with Crippen LogP contribution in [0.5, 0.6) is 34.5 Å². The Morgan fingerprint density at radius 1 is 0.519 bits per heavy atom. The molecule has 4 aromatic carbocycles. The van der Waals surface area contributed by atoms with Gasteiger partial charge in [-0.15, -0.1) is 0 Å². The molecule has 0 heterocycles. The molecule has 4 rings (SSSR count). The average molecular weight is 935 g/mol. The zero-order chi connectivity index (χ0) is 38.9. The number of halogens is 2. The van der Waals surface area contributed by atoms with Crippen molar-refractivity contribution in [3.05, 3.63) is 106 Å². The van der Waals surface area contributed by atoms with Gasteiger partial charge in [0.05, 0.1) is 38.4 Å². The molecule has 4 N–H and O–H groups in total. The maximum atomic E-state index is 9.97. The van der Waals surface area contributed by atoms with Crippen LogP contribution in [0, 0.1) is 13.8 Å². The standard InChI is InChI=1S/2C20H24N2O3.I2/c1-14-5-6-16(18(23)9-14)12-22-20(2,3)13-21-11-15-7-8-17(25-4)10-19(15)24;1-14-5-6-15(18(23)9-14)11-21-13-20(2,3)22-12-16-7-8-17(25-4)10-19(16)24;1-2/h2*5-12,23-24H,13H2,1-4H3;. The van der Waals surface area contributed by atoms with Gasteiger partial charge in [-0.3, -0.25) is 20.0 Å². The SMILES string of the molecule is COc1ccc(C=NC(C)(C)CN=Cc2ccc(C)cc2O)c(O)c1.COc1ccc(C=NCC(C)(C)N=Cc2ccc(C)cc2O)c(O)c1.II. The number of benzene rings is 4. The van der Waals surface area contributed by atoms with Gasteiger partial charge in [0.1, 0.15) is 34.5 Å². The van der Waals surface area contributed by atoms with Crippen molar-refractivity contribution in [1.82, 2.24) is 0 Å². The van der Waals surface area contributed by atoms with E-state index in [1.54, 1.807) is 87.6 Å². The van der Waals surface area contributed by atoms with E-state index in [0.717, 1.165) is 11.1 Å². The summed E-state index contributed by atoms with van der Waals surface area (Å²) in [6.07, 6.45) is 6.56. The lowest BCUT2D eigenvalue weighted by Crippen LogP contribution is -2.21. The number of nitrogens with zero attached hydrogens (tertiary/aromatic N) is 4. The average Bonchev–Trinajstić information content (AvgIpc) is 3.10. The van der Waals surface area contributed by atoms with E-state index in [2.05, 4.69) is 57.2 Å². The molecule has 12 heteroatoms. The molecular formula is C40H48I2N4O6. The molecule has 0 atom stereocenters. The number of phenols is 4. The Labute approximate surface area is 330 Å². The Bertz CT molecular complexity index is 1870. The molecule has 0 unspecified atom stereocenters. The molecule has 4 aromatic rings. The first-order valence-corrected chi connectivity index (χ1v) is 22.5. The number of hydrogen-bond acceptors (Lipinski definition) is 10. The Morgan fingerprint density at radius 2 is 0.827 bits per heavy atom. The zero-order valence-corrected chi connectivity index (χ0v) is 35.1. The summed E-state index contributed by atoms with van der Waals surface area (Å²) >= 11 is 4.24. The van der Waals surface area contributed by atoms with Crippen molar-refractivity contribution in [3.63, 3.8) is 0 Å². The molecule has 0 aliphatic heterocycles. The Hall–Kier alpha value is -4.18. The third-order valence-electron chi connectivity index (χ3n) is 7.37. The van der Waals surface area contributed by atoms with Crippen LogP contribution in [0.3, 0.4) is 0 Å². The largest absolute Gasteiger partial charge is 0.507 e. The van der Waals surface area contributed by atoms with Crippen LogP contribution in [-0.4, -0.2) is 83.7 Å². The number of methoxy groups -OCH3 is 2. The molecule has 0 aliphatic carbocycles. The molecule has 0 spiro atoms. The van der Waals surface area contributed by atoms with Crippen LogP contribution in [0.2, 0.25) is 0 Å². The minimum Gasteiger partial charge on any atom is -0.507 e. The van der Waals surface area contributed by atoms with Crippen molar-refractivity contribution in [1.29, 1.82) is 0 Å². The van der Waals surface area contributed by atoms with Crippen molar-refractivity contribution in [2.45, 2.75) is 52.6 Å². The second kappa shape index (κ2) is 21.4. The highest BCUT2D eigenvalue weighted by Gasteiger charge is 2.16. The van der Waals surface area contributed by atoms with Crippen LogP contribution >= 0.6 is 37.2 Å². The van der Waals surface area contributed by atoms with E-state index in [9.17, 15) is 20.4 Å². The van der Waals surface area contributed by atoms with E-state index in [4.69, 9.17) is 9.47 Å². The molecule has 278 valence electrons. The number of aryl methyl sites for hydroxylation is 2. The summed E-state index contributed by atoms with van der Waals surface area (Å²) in [6.45, 7) is 12.6. The molecule has 0 saturated heterocycles. The molecule has 0 aliphatic rings. The summed E-state index contributed by atoms with van der Waals surface area (Å²) < 4.78 is 10.1. The quantitative estimate of drug-likeness (QED) is 0.0823. The van der Waals surface area contributed by atoms with Gasteiger partial charge in [0.2, 0.25) is 0 Å². The number of phenolic OH excluding ortho intramolecular Hbond substituents is 4. The van der Waals surface area contributed by atoms with Crippen LogP contribution in [0.1, 0.15) is 61.1 Å². The van der Waals surface area contributed by atoms with E-state index in [0.29, 0.717) is 46.8 Å². The van der Waals surface area contributed by atoms with E-state index in [-0.39, 0.29) is 23.0 Å². The van der Waals surface area contributed by atoms with Gasteiger partial charge in [-0.1, -0.05) is 12.1 Å². The summed E-state index contributed by atoms with van der Waals surface area (Å²) in [6, 6.07) is 21.1. The molecule has 0 bridgehead atoms. The monoisotopic (exact) mass is 934 g/mol. The van der Waals surface area contributed by atoms with Gasteiger partial charge in [-0.25, -0.2) is 0 Å². The molecular weight excluding hydrogens is 886 g/mol. The number of hydrogen-bond donors (Lipinski definition) is 4. The fourth-order valence-electron chi connectivity index (χ4n) is 4.35. The van der Waals surface area contributed by atoms with Crippen LogP contribution in [0.15, 0.2) is 92.8 Å². The van der Waals surface area contributed by atoms with E-state index in [1.165, 1.54) is 0 Å². The molecule has 0 aromatic heterocycles. The fraction of sp³-hybridized carbons (Fsp3) is 0.300. The lowest BCUT2D eigenvalue weighted by molar-refractivity contribution is 0.407. The molecule has 0 saturated carbocycles. The summed E-state index contributed by atoms with van der Waals surface area (Å²) in [4.78, 5) is 17.8. The van der Waals surface area contributed by atoms with Crippen LogP contribution < -0.4 is 9.47 Å². The molecule has 0 amide bonds. The summed E-state index contributed by atoms with van der Waals surface area (Å²) in [7, 11) is 3.10. The molecule has 52 heavy (non-hydrogen) atoms. The first-order valence-electron chi connectivity index (χ1n) is 16.2. The van der Waals surface area contributed by atoms with Gasteiger partial charge in [-0.05, 0) is 101 Å². The first kappa shape index (κ1) is 44.0. The normalized spacial score (nSPS) is 11.8. The highest BCUT2D eigenvalue weighted by molar-refractivity contribution is 15.0. The topological polar surface area (TPSA) is 149 Å². The van der Waals surface area contributed by atoms with E-state index >= 15 is 0 Å². The first-order chi connectivity index (χ1) is 24.6. The Balaban J connectivity index is 0.000000344. The Kier molecular flexibility index (Phi) is 18.1. The molecule has 10 nitrogen and oxygen atoms in total.